The van der Waals surface area contributed by atoms with Gasteiger partial charge < -0.3 is 10.2 Å². The number of hydrogen-bond acceptors (Lipinski definition) is 5. The summed E-state index contributed by atoms with van der Waals surface area (Å²) in [5, 5.41) is 9.72. The van der Waals surface area contributed by atoms with Crippen LogP contribution in [0.5, 0.6) is 0 Å². The molecule has 0 saturated carbocycles. The zero-order chi connectivity index (χ0) is 21.3. The van der Waals surface area contributed by atoms with Gasteiger partial charge in [-0.25, -0.2) is 4.79 Å². The second-order valence-electron chi connectivity index (χ2n) is 7.81. The summed E-state index contributed by atoms with van der Waals surface area (Å²) < 4.78 is 6.67. The average Bonchev–Trinajstić information content (AvgIpc) is 3.05. The first-order chi connectivity index (χ1) is 14.5. The van der Waals surface area contributed by atoms with Crippen LogP contribution in [0.1, 0.15) is 24.8 Å². The van der Waals surface area contributed by atoms with Gasteiger partial charge in [-0.05, 0) is 41.7 Å². The lowest BCUT2D eigenvalue weighted by atomic mass is 9.95. The van der Waals surface area contributed by atoms with Gasteiger partial charge in [0.25, 0.3) is 0 Å². The molecular formula is C23H24N4O3. The molecule has 0 aliphatic carbocycles. The number of aromatic nitrogens is 1. The predicted molar refractivity (Wildman–Crippen MR) is 114 cm³/mol. The molecule has 30 heavy (non-hydrogen) atoms. The quantitative estimate of drug-likeness (QED) is 0.704. The minimum Gasteiger partial charge on any atom is -0.408 e. The van der Waals surface area contributed by atoms with E-state index in [4.69, 9.17) is 10.2 Å². The van der Waals surface area contributed by atoms with E-state index in [1.165, 1.54) is 4.57 Å². The first-order valence-electron chi connectivity index (χ1n) is 10.1. The maximum atomic E-state index is 11.8. The van der Waals surface area contributed by atoms with Crippen molar-refractivity contribution in [2.24, 2.45) is 12.8 Å². The number of nitrogens with two attached hydrogens (primary N) is 1. The smallest absolute Gasteiger partial charge is 0.408 e. The highest BCUT2D eigenvalue weighted by Crippen LogP contribution is 2.26. The van der Waals surface area contributed by atoms with Crippen molar-refractivity contribution >= 4 is 17.0 Å². The van der Waals surface area contributed by atoms with Crippen molar-refractivity contribution in [1.82, 2.24) is 9.47 Å². The minimum atomic E-state index is -0.384. The summed E-state index contributed by atoms with van der Waals surface area (Å²) in [5.41, 5.74) is 9.88. The highest BCUT2D eigenvalue weighted by atomic mass is 16.4. The average molecular weight is 404 g/mol. The lowest BCUT2D eigenvalue weighted by Gasteiger charge is -2.36. The summed E-state index contributed by atoms with van der Waals surface area (Å²) in [5.74, 6) is -0.735. The lowest BCUT2D eigenvalue weighted by molar-refractivity contribution is -0.125. The molecule has 1 aliphatic rings. The number of carbonyl (C=O) groups excluding carboxylic acids is 1. The molecule has 0 radical (unpaired) electrons. The number of hydrogen-bond donors (Lipinski definition) is 1. The number of nitrogens with zero attached hydrogens (tertiary/aromatic N) is 3. The van der Waals surface area contributed by atoms with Gasteiger partial charge in [-0.1, -0.05) is 36.8 Å². The van der Waals surface area contributed by atoms with Crippen LogP contribution >= 0.6 is 0 Å². The van der Waals surface area contributed by atoms with Gasteiger partial charge in [0.15, 0.2) is 5.58 Å². The van der Waals surface area contributed by atoms with E-state index in [-0.39, 0.29) is 23.7 Å². The Kier molecular flexibility index (Phi) is 5.42. The summed E-state index contributed by atoms with van der Waals surface area (Å²) in [6.45, 7) is 0.716. The summed E-state index contributed by atoms with van der Waals surface area (Å²) in [6, 6.07) is 15.3. The van der Waals surface area contributed by atoms with Gasteiger partial charge in [0.05, 0.1) is 17.6 Å². The van der Waals surface area contributed by atoms with E-state index in [9.17, 15) is 14.9 Å². The van der Waals surface area contributed by atoms with E-state index in [1.807, 2.05) is 41.3 Å². The van der Waals surface area contributed by atoms with Gasteiger partial charge >= 0.3 is 5.76 Å². The largest absolute Gasteiger partial charge is 0.419 e. The molecule has 1 fully saturated rings. The molecule has 1 aliphatic heterocycles. The van der Waals surface area contributed by atoms with Crippen molar-refractivity contribution in [3.05, 3.63) is 58.6 Å². The second kappa shape index (κ2) is 8.17. The SMILES string of the molecule is Cn1c(=O)oc2ccc(-c3ccc(C[C@@H](C#N)N4CCCCC4C(N)=O)cc3)cc21. The van der Waals surface area contributed by atoms with Crippen LogP contribution in [0.4, 0.5) is 0 Å². The Morgan fingerprint density at radius 2 is 1.97 bits per heavy atom. The van der Waals surface area contributed by atoms with Crippen molar-refractivity contribution in [2.45, 2.75) is 37.8 Å². The van der Waals surface area contributed by atoms with Crippen molar-refractivity contribution in [2.75, 3.05) is 6.54 Å². The topological polar surface area (TPSA) is 105 Å². The molecule has 2 heterocycles. The molecule has 1 aromatic heterocycles. The molecule has 2 N–H and O–H groups in total. The molecule has 4 rings (SSSR count). The van der Waals surface area contributed by atoms with Crippen LogP contribution in [-0.2, 0) is 18.3 Å². The number of piperidine rings is 1. The highest BCUT2D eigenvalue weighted by Gasteiger charge is 2.32. The fourth-order valence-corrected chi connectivity index (χ4v) is 4.23. The Morgan fingerprint density at radius 3 is 2.67 bits per heavy atom. The minimum absolute atomic E-state index is 0.352. The molecule has 2 aromatic carbocycles. The fourth-order valence-electron chi connectivity index (χ4n) is 4.23. The lowest BCUT2D eigenvalue weighted by Crippen LogP contribution is -2.52. The number of aryl methyl sites for hydroxylation is 1. The zero-order valence-electron chi connectivity index (χ0n) is 16.9. The Morgan fingerprint density at radius 1 is 1.23 bits per heavy atom. The summed E-state index contributed by atoms with van der Waals surface area (Å²) in [7, 11) is 1.68. The summed E-state index contributed by atoms with van der Waals surface area (Å²) in [6.07, 6.45) is 3.19. The number of primary amides is 1. The molecule has 0 bridgehead atoms. The number of rotatable bonds is 5. The van der Waals surface area contributed by atoms with Crippen molar-refractivity contribution in [3.63, 3.8) is 0 Å². The molecule has 7 nitrogen and oxygen atoms in total. The van der Waals surface area contributed by atoms with Crippen LogP contribution in [0.15, 0.2) is 51.7 Å². The molecule has 2 atom stereocenters. The number of likely N-dealkylation sites (tertiary alicyclic amines) is 1. The number of amides is 1. The van der Waals surface area contributed by atoms with Gasteiger partial charge in [0, 0.05) is 20.0 Å². The van der Waals surface area contributed by atoms with Crippen LogP contribution in [0.25, 0.3) is 22.2 Å². The zero-order valence-corrected chi connectivity index (χ0v) is 16.9. The van der Waals surface area contributed by atoms with Crippen LogP contribution in [0, 0.1) is 11.3 Å². The van der Waals surface area contributed by atoms with Crippen molar-refractivity contribution < 1.29 is 9.21 Å². The van der Waals surface area contributed by atoms with Crippen molar-refractivity contribution in [3.8, 4) is 17.2 Å². The van der Waals surface area contributed by atoms with Crippen LogP contribution in [0.3, 0.4) is 0 Å². The third kappa shape index (κ3) is 3.74. The van der Waals surface area contributed by atoms with E-state index >= 15 is 0 Å². The van der Waals surface area contributed by atoms with Crippen LogP contribution in [-0.4, -0.2) is 34.0 Å². The third-order valence-corrected chi connectivity index (χ3v) is 5.93. The maximum absolute atomic E-state index is 11.8. The monoisotopic (exact) mass is 404 g/mol. The molecule has 154 valence electrons. The molecule has 3 aromatic rings. The molecular weight excluding hydrogens is 380 g/mol. The van der Waals surface area contributed by atoms with E-state index in [2.05, 4.69) is 6.07 Å². The number of fused-ring (bicyclic) bond motifs is 1. The van der Waals surface area contributed by atoms with E-state index < -0.39 is 0 Å². The van der Waals surface area contributed by atoms with E-state index in [0.29, 0.717) is 25.0 Å². The maximum Gasteiger partial charge on any atom is 0.419 e. The van der Waals surface area contributed by atoms with Gasteiger partial charge in [-0.3, -0.25) is 14.3 Å². The Bertz CT molecular complexity index is 1170. The van der Waals surface area contributed by atoms with E-state index in [1.54, 1.807) is 13.1 Å². The molecule has 1 saturated heterocycles. The second-order valence-corrected chi connectivity index (χ2v) is 7.81. The number of oxazole rings is 1. The molecule has 0 spiro atoms. The number of carbonyl (C=O) groups is 1. The number of nitriles is 1. The van der Waals surface area contributed by atoms with Crippen LogP contribution < -0.4 is 11.5 Å². The fraction of sp³-hybridized carbons (Fsp3) is 0.348. The Hall–Kier alpha value is -3.37. The van der Waals surface area contributed by atoms with Gasteiger partial charge in [-0.15, -0.1) is 0 Å². The van der Waals surface area contributed by atoms with Crippen LogP contribution in [0.2, 0.25) is 0 Å². The molecule has 7 heteroatoms. The van der Waals surface area contributed by atoms with Crippen molar-refractivity contribution in [1.29, 1.82) is 5.26 Å². The standard InChI is InChI=1S/C23H24N4O3/c1-26-20-13-17(9-10-21(20)30-23(26)29)16-7-5-15(6-8-16)12-18(14-24)27-11-3-2-4-19(27)22(25)28/h5-10,13,18-19H,2-4,11-12H2,1H3,(H2,25,28)/t18-,19?/m0/s1. The number of benzene rings is 2. The summed E-state index contributed by atoms with van der Waals surface area (Å²) in [4.78, 5) is 25.4. The third-order valence-electron chi connectivity index (χ3n) is 5.93. The van der Waals surface area contributed by atoms with Gasteiger partial charge in [0.1, 0.15) is 6.04 Å². The predicted octanol–water partition coefficient (Wildman–Crippen LogP) is 2.57. The normalized spacial score (nSPS) is 18.2. The van der Waals surface area contributed by atoms with E-state index in [0.717, 1.165) is 35.0 Å². The Balaban J connectivity index is 1.54. The summed E-state index contributed by atoms with van der Waals surface area (Å²) >= 11 is 0. The van der Waals surface area contributed by atoms with Gasteiger partial charge in [0.2, 0.25) is 5.91 Å². The first-order valence-corrected chi connectivity index (χ1v) is 10.1. The molecule has 1 unspecified atom stereocenters. The van der Waals surface area contributed by atoms with Gasteiger partial charge in [-0.2, -0.15) is 5.26 Å². The first kappa shape index (κ1) is 19.9. The Labute approximate surface area is 174 Å². The highest BCUT2D eigenvalue weighted by molar-refractivity contribution is 5.81. The molecule has 1 amide bonds.